The van der Waals surface area contributed by atoms with Crippen molar-refractivity contribution in [3.05, 3.63) is 59.9 Å². The van der Waals surface area contributed by atoms with Gasteiger partial charge in [0.2, 0.25) is 0 Å². The second kappa shape index (κ2) is 6.03. The normalized spacial score (nSPS) is 11.3. The fourth-order valence-corrected chi connectivity index (χ4v) is 1.61. The molecule has 0 aliphatic heterocycles. The van der Waals surface area contributed by atoms with Crippen molar-refractivity contribution in [1.29, 1.82) is 0 Å². The van der Waals surface area contributed by atoms with Crippen LogP contribution in [0, 0.1) is 17.7 Å². The van der Waals surface area contributed by atoms with Gasteiger partial charge in [0.15, 0.2) is 0 Å². The average Bonchev–Trinajstić information content (AvgIpc) is 2.42. The molecule has 0 aromatic heterocycles. The van der Waals surface area contributed by atoms with E-state index >= 15 is 0 Å². The lowest BCUT2D eigenvalue weighted by Crippen LogP contribution is -1.94. The van der Waals surface area contributed by atoms with Gasteiger partial charge in [0, 0.05) is 0 Å². The Bertz CT molecular complexity index is 609. The maximum Gasteiger partial charge on any atom is 0.140 e. The molecule has 3 heteroatoms. The molecular formula is C16H13FO2. The van der Waals surface area contributed by atoms with Crippen LogP contribution in [0.15, 0.2) is 48.5 Å². The summed E-state index contributed by atoms with van der Waals surface area (Å²) in [6, 6.07) is 12.8. The summed E-state index contributed by atoms with van der Waals surface area (Å²) in [5, 5.41) is 9.77. The van der Waals surface area contributed by atoms with E-state index < -0.39 is 6.10 Å². The zero-order valence-electron chi connectivity index (χ0n) is 10.4. The monoisotopic (exact) mass is 256 g/mol. The summed E-state index contributed by atoms with van der Waals surface area (Å²) in [6.07, 6.45) is -0.832. The Morgan fingerprint density at radius 1 is 1.11 bits per heavy atom. The van der Waals surface area contributed by atoms with Gasteiger partial charge in [-0.25, -0.2) is 4.39 Å². The number of hydrogen-bond donors (Lipinski definition) is 1. The summed E-state index contributed by atoms with van der Waals surface area (Å²) in [5.41, 5.74) is 0.661. The molecule has 0 heterocycles. The van der Waals surface area contributed by atoms with Gasteiger partial charge in [-0.1, -0.05) is 18.1 Å². The number of aliphatic hydroxyl groups excluding tert-OH is 1. The number of hydrogen-bond acceptors (Lipinski definition) is 2. The van der Waals surface area contributed by atoms with Crippen LogP contribution in [-0.2, 0) is 0 Å². The lowest BCUT2D eigenvalue weighted by Gasteiger charge is -2.08. The van der Waals surface area contributed by atoms with Crippen LogP contribution in [0.5, 0.6) is 11.5 Å². The van der Waals surface area contributed by atoms with Gasteiger partial charge in [-0.05, 0) is 48.9 Å². The van der Waals surface area contributed by atoms with Crippen LogP contribution in [0.25, 0.3) is 0 Å². The number of rotatable bonds is 3. The lowest BCUT2D eigenvalue weighted by atomic mass is 10.1. The molecule has 1 unspecified atom stereocenters. The van der Waals surface area contributed by atoms with Crippen molar-refractivity contribution in [2.45, 2.75) is 13.0 Å². The number of benzene rings is 2. The lowest BCUT2D eigenvalue weighted by molar-refractivity contribution is 0.238. The quantitative estimate of drug-likeness (QED) is 0.849. The third-order valence-corrected chi connectivity index (χ3v) is 2.50. The summed E-state index contributed by atoms with van der Waals surface area (Å²) in [6.45, 7) is 1.67. The minimum atomic E-state index is -0.832. The highest BCUT2D eigenvalue weighted by molar-refractivity contribution is 5.36. The van der Waals surface area contributed by atoms with E-state index in [-0.39, 0.29) is 5.82 Å². The van der Waals surface area contributed by atoms with Crippen LogP contribution in [0.1, 0.15) is 18.6 Å². The van der Waals surface area contributed by atoms with Gasteiger partial charge in [0.05, 0.1) is 0 Å². The van der Waals surface area contributed by atoms with Gasteiger partial charge >= 0.3 is 0 Å². The summed E-state index contributed by atoms with van der Waals surface area (Å²) in [4.78, 5) is 0. The van der Waals surface area contributed by atoms with Gasteiger partial charge in [-0.2, -0.15) is 0 Å². The third kappa shape index (κ3) is 3.57. The molecular weight excluding hydrogens is 243 g/mol. The third-order valence-electron chi connectivity index (χ3n) is 2.50. The van der Waals surface area contributed by atoms with Gasteiger partial charge < -0.3 is 9.84 Å². The largest absolute Gasteiger partial charge is 0.457 e. The fourth-order valence-electron chi connectivity index (χ4n) is 1.61. The average molecular weight is 256 g/mol. The maximum atomic E-state index is 12.8. The van der Waals surface area contributed by atoms with Crippen molar-refractivity contribution in [2.75, 3.05) is 0 Å². The van der Waals surface area contributed by atoms with Crippen LogP contribution >= 0.6 is 0 Å². The minimum absolute atomic E-state index is 0.310. The second-order valence-corrected chi connectivity index (χ2v) is 3.93. The molecule has 2 nitrogen and oxygen atoms in total. The predicted molar refractivity (Wildman–Crippen MR) is 71.3 cm³/mol. The summed E-state index contributed by atoms with van der Waals surface area (Å²) in [7, 11) is 0. The minimum Gasteiger partial charge on any atom is -0.457 e. The first-order valence-electron chi connectivity index (χ1n) is 5.83. The molecule has 2 aromatic carbocycles. The van der Waals surface area contributed by atoms with Crippen LogP contribution < -0.4 is 4.74 Å². The molecule has 1 N–H and O–H groups in total. The Morgan fingerprint density at radius 3 is 2.53 bits per heavy atom. The Hall–Kier alpha value is -2.31. The zero-order chi connectivity index (χ0) is 13.7. The smallest absolute Gasteiger partial charge is 0.140 e. The van der Waals surface area contributed by atoms with Crippen molar-refractivity contribution in [2.24, 2.45) is 0 Å². The highest BCUT2D eigenvalue weighted by Gasteiger charge is 2.05. The first-order valence-corrected chi connectivity index (χ1v) is 5.83. The zero-order valence-corrected chi connectivity index (χ0v) is 10.4. The molecule has 1 atom stereocenters. The molecule has 2 aromatic rings. The van der Waals surface area contributed by atoms with E-state index in [0.29, 0.717) is 17.1 Å². The predicted octanol–water partition coefficient (Wildman–Crippen LogP) is 3.67. The van der Waals surface area contributed by atoms with E-state index in [2.05, 4.69) is 11.8 Å². The summed E-state index contributed by atoms with van der Waals surface area (Å²) >= 11 is 0. The second-order valence-electron chi connectivity index (χ2n) is 3.93. The molecule has 0 spiro atoms. The van der Waals surface area contributed by atoms with Crippen molar-refractivity contribution < 1.29 is 14.2 Å². The van der Waals surface area contributed by atoms with Crippen LogP contribution in [0.4, 0.5) is 4.39 Å². The molecule has 0 radical (unpaired) electrons. The number of halogens is 1. The van der Waals surface area contributed by atoms with Gasteiger partial charge in [-0.3, -0.25) is 0 Å². The Kier molecular flexibility index (Phi) is 4.17. The topological polar surface area (TPSA) is 29.5 Å². The molecule has 0 aliphatic rings. The van der Waals surface area contributed by atoms with Crippen molar-refractivity contribution in [3.8, 4) is 23.3 Å². The Balaban J connectivity index is 2.18. The summed E-state index contributed by atoms with van der Waals surface area (Å²) in [5.74, 6) is 6.12. The Labute approximate surface area is 111 Å². The maximum absolute atomic E-state index is 12.8. The standard InChI is InChI=1S/C16H13FO2/c1-2-4-16(18)12-5-3-6-15(11-12)19-14-9-7-13(17)8-10-14/h3,5-11,16,18H,1H3. The van der Waals surface area contributed by atoms with Crippen LogP contribution in [0.2, 0.25) is 0 Å². The van der Waals surface area contributed by atoms with E-state index in [9.17, 15) is 9.50 Å². The SMILES string of the molecule is CC#CC(O)c1cccc(Oc2ccc(F)cc2)c1. The van der Waals surface area contributed by atoms with E-state index in [4.69, 9.17) is 4.74 Å². The van der Waals surface area contributed by atoms with Gasteiger partial charge in [-0.15, -0.1) is 5.92 Å². The molecule has 19 heavy (non-hydrogen) atoms. The molecule has 2 rings (SSSR count). The van der Waals surface area contributed by atoms with Gasteiger partial charge in [0.25, 0.3) is 0 Å². The van der Waals surface area contributed by atoms with Crippen molar-refractivity contribution >= 4 is 0 Å². The molecule has 96 valence electrons. The van der Waals surface area contributed by atoms with Crippen LogP contribution in [0.3, 0.4) is 0 Å². The number of aliphatic hydroxyl groups is 1. The number of ether oxygens (including phenoxy) is 1. The van der Waals surface area contributed by atoms with E-state index in [1.807, 2.05) is 0 Å². The molecule has 0 amide bonds. The molecule has 0 fully saturated rings. The van der Waals surface area contributed by atoms with E-state index in [0.717, 1.165) is 0 Å². The molecule has 0 bridgehead atoms. The first-order chi connectivity index (χ1) is 9.19. The first kappa shape index (κ1) is 13.1. The van der Waals surface area contributed by atoms with Crippen molar-refractivity contribution in [3.63, 3.8) is 0 Å². The summed E-state index contributed by atoms with van der Waals surface area (Å²) < 4.78 is 18.4. The van der Waals surface area contributed by atoms with Crippen molar-refractivity contribution in [1.82, 2.24) is 0 Å². The highest BCUT2D eigenvalue weighted by atomic mass is 19.1. The highest BCUT2D eigenvalue weighted by Crippen LogP contribution is 2.24. The molecule has 0 saturated carbocycles. The Morgan fingerprint density at radius 2 is 1.84 bits per heavy atom. The van der Waals surface area contributed by atoms with Gasteiger partial charge in [0.1, 0.15) is 23.4 Å². The molecule has 0 aliphatic carbocycles. The fraction of sp³-hybridized carbons (Fsp3) is 0.125. The van der Waals surface area contributed by atoms with Crippen LogP contribution in [-0.4, -0.2) is 5.11 Å². The van der Waals surface area contributed by atoms with E-state index in [1.165, 1.54) is 12.1 Å². The molecule has 0 saturated heterocycles. The van der Waals surface area contributed by atoms with E-state index in [1.54, 1.807) is 43.3 Å².